The summed E-state index contributed by atoms with van der Waals surface area (Å²) in [5.41, 5.74) is 0.475. The minimum Gasteiger partial charge on any atom is -0.425 e. The fourth-order valence-electron chi connectivity index (χ4n) is 3.77. The van der Waals surface area contributed by atoms with Gasteiger partial charge in [0.05, 0.1) is 12.5 Å². The molecular formula is C21H24N4O3. The van der Waals surface area contributed by atoms with Crippen LogP contribution in [0.15, 0.2) is 40.9 Å². The smallest absolute Gasteiger partial charge is 0.273 e. The van der Waals surface area contributed by atoms with Crippen LogP contribution in [0.4, 0.5) is 0 Å². The average Bonchev–Trinajstić information content (AvgIpc) is 3.34. The van der Waals surface area contributed by atoms with Gasteiger partial charge in [0.15, 0.2) is 0 Å². The molecule has 0 N–H and O–H groups in total. The molecule has 3 aromatic rings. The summed E-state index contributed by atoms with van der Waals surface area (Å²) in [4.78, 5) is 19.5. The zero-order valence-corrected chi connectivity index (χ0v) is 16.3. The van der Waals surface area contributed by atoms with Crippen molar-refractivity contribution in [2.45, 2.75) is 25.7 Å². The van der Waals surface area contributed by atoms with E-state index in [4.69, 9.17) is 9.15 Å². The molecule has 3 heterocycles. The Morgan fingerprint density at radius 1 is 1.25 bits per heavy atom. The number of carbonyl (C=O) groups excluding carboxylic acids is 1. The lowest BCUT2D eigenvalue weighted by molar-refractivity contribution is 0.0772. The standard InChI is InChI=1S/C21H24N4O3/c1-13(2)19-23-24-20(28-19)17-11-25(10-15(17)12-27-3)21(26)18-16-7-5-4-6-14(16)8-9-22-18/h4-9,13,15,17H,10-12H2,1-3H3/t15-,17+/m0/s1. The van der Waals surface area contributed by atoms with Crippen LogP contribution in [0.25, 0.3) is 10.8 Å². The van der Waals surface area contributed by atoms with Gasteiger partial charge >= 0.3 is 0 Å². The average molecular weight is 380 g/mol. The first-order chi connectivity index (χ1) is 13.6. The minimum absolute atomic E-state index is 0.0427. The third-order valence-electron chi connectivity index (χ3n) is 5.25. The molecule has 7 nitrogen and oxygen atoms in total. The van der Waals surface area contributed by atoms with Crippen molar-refractivity contribution in [3.8, 4) is 0 Å². The molecule has 146 valence electrons. The van der Waals surface area contributed by atoms with Crippen LogP contribution in [-0.2, 0) is 4.74 Å². The molecule has 1 saturated heterocycles. The Hall–Kier alpha value is -2.80. The number of rotatable bonds is 5. The van der Waals surface area contributed by atoms with Crippen molar-refractivity contribution in [2.75, 3.05) is 26.8 Å². The molecule has 0 bridgehead atoms. The number of benzene rings is 1. The van der Waals surface area contributed by atoms with E-state index in [9.17, 15) is 4.79 Å². The predicted octanol–water partition coefficient (Wildman–Crippen LogP) is 3.24. The number of methoxy groups -OCH3 is 1. The third-order valence-corrected chi connectivity index (χ3v) is 5.25. The predicted molar refractivity (Wildman–Crippen MR) is 104 cm³/mol. The summed E-state index contributed by atoms with van der Waals surface area (Å²) in [5, 5.41) is 10.3. The van der Waals surface area contributed by atoms with E-state index in [0.29, 0.717) is 37.2 Å². The minimum atomic E-state index is -0.0796. The second kappa shape index (κ2) is 7.67. The van der Waals surface area contributed by atoms with Gasteiger partial charge < -0.3 is 14.1 Å². The van der Waals surface area contributed by atoms with Crippen molar-refractivity contribution in [1.29, 1.82) is 0 Å². The number of fused-ring (bicyclic) bond motifs is 1. The van der Waals surface area contributed by atoms with Crippen LogP contribution in [0, 0.1) is 5.92 Å². The van der Waals surface area contributed by atoms with E-state index >= 15 is 0 Å². The van der Waals surface area contributed by atoms with Gasteiger partial charge in [0.25, 0.3) is 5.91 Å². The van der Waals surface area contributed by atoms with Crippen LogP contribution < -0.4 is 0 Å². The Labute approximate surface area is 163 Å². The Morgan fingerprint density at radius 2 is 2.07 bits per heavy atom. The second-order valence-corrected chi connectivity index (χ2v) is 7.55. The number of aromatic nitrogens is 3. The molecule has 0 spiro atoms. The van der Waals surface area contributed by atoms with Crippen LogP contribution in [0.5, 0.6) is 0 Å². The van der Waals surface area contributed by atoms with Gasteiger partial charge in [0.1, 0.15) is 5.69 Å². The number of hydrogen-bond acceptors (Lipinski definition) is 6. The maximum atomic E-state index is 13.3. The topological polar surface area (TPSA) is 81.4 Å². The van der Waals surface area contributed by atoms with Crippen LogP contribution in [0.1, 0.15) is 48.0 Å². The summed E-state index contributed by atoms with van der Waals surface area (Å²) in [6, 6.07) is 9.72. The molecule has 0 unspecified atom stereocenters. The fraction of sp³-hybridized carbons (Fsp3) is 0.429. The van der Waals surface area contributed by atoms with E-state index in [1.807, 2.05) is 49.1 Å². The van der Waals surface area contributed by atoms with Crippen molar-refractivity contribution in [2.24, 2.45) is 5.92 Å². The van der Waals surface area contributed by atoms with Crippen molar-refractivity contribution < 1.29 is 13.9 Å². The maximum absolute atomic E-state index is 13.3. The van der Waals surface area contributed by atoms with Crippen molar-refractivity contribution >= 4 is 16.7 Å². The van der Waals surface area contributed by atoms with Crippen LogP contribution in [0.2, 0.25) is 0 Å². The molecule has 1 amide bonds. The van der Waals surface area contributed by atoms with Crippen LogP contribution >= 0.6 is 0 Å². The number of likely N-dealkylation sites (tertiary alicyclic amines) is 1. The first kappa shape index (κ1) is 18.6. The zero-order chi connectivity index (χ0) is 19.7. The SMILES string of the molecule is COC[C@@H]1CN(C(=O)c2nccc3ccccc23)C[C@H]1c1nnc(C(C)C)o1. The van der Waals surface area contributed by atoms with Gasteiger partial charge in [-0.05, 0) is 11.5 Å². The number of carbonyl (C=O) groups is 1. The first-order valence-electron chi connectivity index (χ1n) is 9.53. The summed E-state index contributed by atoms with van der Waals surface area (Å²) < 4.78 is 11.3. The highest BCUT2D eigenvalue weighted by Crippen LogP contribution is 2.34. The Bertz CT molecular complexity index is 979. The highest BCUT2D eigenvalue weighted by Gasteiger charge is 2.40. The molecule has 0 saturated carbocycles. The quantitative estimate of drug-likeness (QED) is 0.676. The molecule has 7 heteroatoms. The van der Waals surface area contributed by atoms with E-state index in [1.165, 1.54) is 0 Å². The Kier molecular flexibility index (Phi) is 5.09. The van der Waals surface area contributed by atoms with E-state index in [2.05, 4.69) is 15.2 Å². The second-order valence-electron chi connectivity index (χ2n) is 7.55. The summed E-state index contributed by atoms with van der Waals surface area (Å²) in [6.07, 6.45) is 1.68. The lowest BCUT2D eigenvalue weighted by Crippen LogP contribution is -2.30. The molecule has 28 heavy (non-hydrogen) atoms. The molecular weight excluding hydrogens is 356 g/mol. The lowest BCUT2D eigenvalue weighted by atomic mass is 9.97. The van der Waals surface area contributed by atoms with Gasteiger partial charge in [-0.25, -0.2) is 0 Å². The number of ether oxygens (including phenoxy) is 1. The fourth-order valence-corrected chi connectivity index (χ4v) is 3.77. The van der Waals surface area contributed by atoms with Gasteiger partial charge in [0.2, 0.25) is 11.8 Å². The number of nitrogens with zero attached hydrogens (tertiary/aromatic N) is 4. The van der Waals surface area contributed by atoms with Gasteiger partial charge in [-0.15, -0.1) is 10.2 Å². The third kappa shape index (κ3) is 3.38. The molecule has 0 aliphatic carbocycles. The molecule has 1 aromatic carbocycles. The molecule has 4 rings (SSSR count). The van der Waals surface area contributed by atoms with Crippen molar-refractivity contribution in [3.05, 3.63) is 54.0 Å². The summed E-state index contributed by atoms with van der Waals surface area (Å²) in [7, 11) is 1.67. The number of amides is 1. The van der Waals surface area contributed by atoms with Crippen LogP contribution in [-0.4, -0.2) is 52.8 Å². The van der Waals surface area contributed by atoms with E-state index < -0.39 is 0 Å². The number of pyridine rings is 1. The normalized spacial score (nSPS) is 19.6. The van der Waals surface area contributed by atoms with Crippen LogP contribution in [0.3, 0.4) is 0 Å². The van der Waals surface area contributed by atoms with E-state index in [1.54, 1.807) is 13.3 Å². The zero-order valence-electron chi connectivity index (χ0n) is 16.3. The van der Waals surface area contributed by atoms with Gasteiger partial charge in [-0.3, -0.25) is 9.78 Å². The maximum Gasteiger partial charge on any atom is 0.273 e. The van der Waals surface area contributed by atoms with Gasteiger partial charge in [-0.2, -0.15) is 0 Å². The monoisotopic (exact) mass is 380 g/mol. The molecule has 1 aliphatic heterocycles. The van der Waals surface area contributed by atoms with Gasteiger partial charge in [0, 0.05) is 43.6 Å². The molecule has 0 radical (unpaired) electrons. The van der Waals surface area contributed by atoms with Crippen molar-refractivity contribution in [3.63, 3.8) is 0 Å². The van der Waals surface area contributed by atoms with Gasteiger partial charge in [-0.1, -0.05) is 38.1 Å². The highest BCUT2D eigenvalue weighted by atomic mass is 16.5. The molecule has 1 aliphatic rings. The highest BCUT2D eigenvalue weighted by molar-refractivity contribution is 6.05. The van der Waals surface area contributed by atoms with Crippen molar-refractivity contribution in [1.82, 2.24) is 20.1 Å². The molecule has 1 fully saturated rings. The Balaban J connectivity index is 1.62. The van der Waals surface area contributed by atoms with E-state index in [0.717, 1.165) is 10.8 Å². The lowest BCUT2D eigenvalue weighted by Gasteiger charge is -2.16. The number of hydrogen-bond donors (Lipinski definition) is 0. The van der Waals surface area contributed by atoms with E-state index in [-0.39, 0.29) is 23.7 Å². The molecule has 2 atom stereocenters. The largest absolute Gasteiger partial charge is 0.425 e. The summed E-state index contributed by atoms with van der Waals surface area (Å²) in [5.74, 6) is 1.34. The Morgan fingerprint density at radius 3 is 2.82 bits per heavy atom. The molecule has 2 aromatic heterocycles. The summed E-state index contributed by atoms with van der Waals surface area (Å²) in [6.45, 7) is 5.64. The first-order valence-corrected chi connectivity index (χ1v) is 9.53. The summed E-state index contributed by atoms with van der Waals surface area (Å²) >= 11 is 0.